The van der Waals surface area contributed by atoms with E-state index in [1.165, 1.54) is 16.5 Å². The molecule has 0 aromatic heterocycles. The summed E-state index contributed by atoms with van der Waals surface area (Å²) in [4.78, 5) is 26.8. The molecule has 5 heteroatoms. The molecular formula is C19H24N2O3. The van der Waals surface area contributed by atoms with Crippen molar-refractivity contribution in [1.29, 1.82) is 0 Å². The third-order valence-corrected chi connectivity index (χ3v) is 4.02. The van der Waals surface area contributed by atoms with E-state index >= 15 is 0 Å². The first kappa shape index (κ1) is 17.8. The third-order valence-electron chi connectivity index (χ3n) is 4.02. The molecule has 0 fully saturated rings. The lowest BCUT2D eigenvalue weighted by Gasteiger charge is -2.28. The molecule has 128 valence electrons. The first-order valence-corrected chi connectivity index (χ1v) is 8.12. The van der Waals surface area contributed by atoms with Crippen molar-refractivity contribution >= 4 is 17.4 Å². The molecule has 0 aliphatic carbocycles. The summed E-state index contributed by atoms with van der Waals surface area (Å²) >= 11 is 0. The molecule has 0 spiro atoms. The lowest BCUT2D eigenvalue weighted by molar-refractivity contribution is -0.136. The minimum absolute atomic E-state index is 0.0466. The van der Waals surface area contributed by atoms with Gasteiger partial charge in [-0.3, -0.25) is 9.59 Å². The van der Waals surface area contributed by atoms with Crippen LogP contribution in [0.4, 0.5) is 0 Å². The summed E-state index contributed by atoms with van der Waals surface area (Å²) in [5, 5.41) is 0. The van der Waals surface area contributed by atoms with Gasteiger partial charge in [-0.05, 0) is 42.7 Å². The maximum atomic E-state index is 12.2. The van der Waals surface area contributed by atoms with Crippen LogP contribution < -0.4 is 4.74 Å². The van der Waals surface area contributed by atoms with Gasteiger partial charge >= 0.3 is 0 Å². The zero-order chi connectivity index (χ0) is 17.5. The van der Waals surface area contributed by atoms with Gasteiger partial charge in [-0.15, -0.1) is 0 Å². The Bertz CT molecular complexity index is 635. The van der Waals surface area contributed by atoms with Crippen LogP contribution in [0.3, 0.4) is 0 Å². The fraction of sp³-hybridized carbons (Fsp3) is 0.368. The Hall–Kier alpha value is -2.56. The summed E-state index contributed by atoms with van der Waals surface area (Å²) in [6.07, 6.45) is 4.10. The summed E-state index contributed by atoms with van der Waals surface area (Å²) in [5.41, 5.74) is 2.39. The molecule has 0 radical (unpaired) electrons. The fourth-order valence-corrected chi connectivity index (χ4v) is 2.63. The molecule has 0 bridgehead atoms. The zero-order valence-corrected chi connectivity index (χ0v) is 14.3. The van der Waals surface area contributed by atoms with Crippen molar-refractivity contribution in [3.8, 4) is 5.75 Å². The van der Waals surface area contributed by atoms with E-state index in [0.717, 1.165) is 17.7 Å². The van der Waals surface area contributed by atoms with Gasteiger partial charge in [0.05, 0.1) is 13.2 Å². The topological polar surface area (TPSA) is 49.9 Å². The van der Waals surface area contributed by atoms with Gasteiger partial charge in [0.2, 0.25) is 11.8 Å². The number of hydrogen-bond donors (Lipinski definition) is 0. The molecule has 1 aromatic rings. The van der Waals surface area contributed by atoms with Crippen molar-refractivity contribution < 1.29 is 14.3 Å². The highest BCUT2D eigenvalue weighted by Crippen LogP contribution is 2.24. The number of ether oxygens (including phenoxy) is 1. The molecule has 1 aromatic carbocycles. The first-order chi connectivity index (χ1) is 11.5. The van der Waals surface area contributed by atoms with Crippen molar-refractivity contribution in [3.05, 3.63) is 48.6 Å². The minimum Gasteiger partial charge on any atom is -0.494 e. The molecule has 1 aliphatic rings. The van der Waals surface area contributed by atoms with Gasteiger partial charge < -0.3 is 14.5 Å². The second kappa shape index (κ2) is 8.34. The normalized spacial score (nSPS) is 13.9. The van der Waals surface area contributed by atoms with E-state index < -0.39 is 0 Å². The Balaban J connectivity index is 1.94. The van der Waals surface area contributed by atoms with Crippen LogP contribution in [0, 0.1) is 0 Å². The fourth-order valence-electron chi connectivity index (χ4n) is 2.63. The highest BCUT2D eigenvalue weighted by molar-refractivity contribution is 5.90. The number of carbonyl (C=O) groups excluding carboxylic acids is 2. The lowest BCUT2D eigenvalue weighted by Crippen LogP contribution is -2.42. The molecule has 0 saturated heterocycles. The molecule has 1 aliphatic heterocycles. The predicted octanol–water partition coefficient (Wildman–Crippen LogP) is 2.35. The standard InChI is InChI=1S/C19H24N2O3/c1-4-18(22)20(3)14-19(23)21-12-10-16(11-13-21)15-6-8-17(9-7-15)24-5-2/h4,6-10H,1,5,11-14H2,2-3H3. The first-order valence-electron chi connectivity index (χ1n) is 8.12. The molecule has 2 amide bonds. The van der Waals surface area contributed by atoms with E-state index in [2.05, 4.69) is 12.7 Å². The van der Waals surface area contributed by atoms with Crippen LogP contribution in [0.2, 0.25) is 0 Å². The van der Waals surface area contributed by atoms with Crippen LogP contribution in [0.5, 0.6) is 5.75 Å². The lowest BCUT2D eigenvalue weighted by atomic mass is 9.99. The molecule has 5 nitrogen and oxygen atoms in total. The molecule has 0 saturated carbocycles. The summed E-state index contributed by atoms with van der Waals surface area (Å²) in [7, 11) is 1.60. The average Bonchev–Trinajstić information content (AvgIpc) is 2.62. The number of hydrogen-bond acceptors (Lipinski definition) is 3. The van der Waals surface area contributed by atoms with Gasteiger partial charge in [-0.2, -0.15) is 0 Å². The quantitative estimate of drug-likeness (QED) is 0.753. The SMILES string of the molecule is C=CC(=O)N(C)CC(=O)N1CC=C(c2ccc(OCC)cc2)CC1. The summed E-state index contributed by atoms with van der Waals surface area (Å²) < 4.78 is 5.45. The number of benzene rings is 1. The number of rotatable bonds is 6. The Labute approximate surface area is 143 Å². The predicted molar refractivity (Wildman–Crippen MR) is 94.6 cm³/mol. The van der Waals surface area contributed by atoms with Gasteiger partial charge in [0, 0.05) is 20.1 Å². The van der Waals surface area contributed by atoms with E-state index in [1.54, 1.807) is 11.9 Å². The maximum absolute atomic E-state index is 12.2. The Morgan fingerprint density at radius 1 is 1.33 bits per heavy atom. The molecule has 1 heterocycles. The highest BCUT2D eigenvalue weighted by Gasteiger charge is 2.20. The van der Waals surface area contributed by atoms with E-state index in [0.29, 0.717) is 19.7 Å². The molecule has 0 unspecified atom stereocenters. The largest absolute Gasteiger partial charge is 0.494 e. The van der Waals surface area contributed by atoms with Gasteiger partial charge in [-0.1, -0.05) is 24.8 Å². The van der Waals surface area contributed by atoms with E-state index in [1.807, 2.05) is 31.2 Å². The third kappa shape index (κ3) is 4.47. The second-order valence-corrected chi connectivity index (χ2v) is 5.67. The Kier molecular flexibility index (Phi) is 6.18. The smallest absolute Gasteiger partial charge is 0.246 e. The Morgan fingerprint density at radius 2 is 2.04 bits per heavy atom. The minimum atomic E-state index is -0.244. The molecule has 0 N–H and O–H groups in total. The average molecular weight is 328 g/mol. The summed E-state index contributed by atoms with van der Waals surface area (Å²) in [6, 6.07) is 8.02. The van der Waals surface area contributed by atoms with Gasteiger partial charge in [0.1, 0.15) is 5.75 Å². The van der Waals surface area contributed by atoms with Crippen LogP contribution in [-0.4, -0.2) is 54.9 Å². The monoisotopic (exact) mass is 328 g/mol. The van der Waals surface area contributed by atoms with Crippen molar-refractivity contribution in [2.75, 3.05) is 33.3 Å². The van der Waals surface area contributed by atoms with Crippen LogP contribution in [0.25, 0.3) is 5.57 Å². The summed E-state index contributed by atoms with van der Waals surface area (Å²) in [5.74, 6) is 0.574. The van der Waals surface area contributed by atoms with Gasteiger partial charge in [0.25, 0.3) is 0 Å². The Morgan fingerprint density at radius 3 is 2.58 bits per heavy atom. The molecule has 24 heavy (non-hydrogen) atoms. The van der Waals surface area contributed by atoms with Crippen LogP contribution in [0.15, 0.2) is 43.0 Å². The van der Waals surface area contributed by atoms with E-state index in [4.69, 9.17) is 4.74 Å². The number of carbonyl (C=O) groups is 2. The molecule has 2 rings (SSSR count). The second-order valence-electron chi connectivity index (χ2n) is 5.67. The van der Waals surface area contributed by atoms with Crippen molar-refractivity contribution in [3.63, 3.8) is 0 Å². The van der Waals surface area contributed by atoms with Crippen LogP contribution in [0.1, 0.15) is 18.9 Å². The van der Waals surface area contributed by atoms with E-state index in [-0.39, 0.29) is 18.4 Å². The summed E-state index contributed by atoms with van der Waals surface area (Å²) in [6.45, 7) is 7.35. The highest BCUT2D eigenvalue weighted by atomic mass is 16.5. The van der Waals surface area contributed by atoms with Crippen LogP contribution in [-0.2, 0) is 9.59 Å². The van der Waals surface area contributed by atoms with Crippen molar-refractivity contribution in [2.24, 2.45) is 0 Å². The zero-order valence-electron chi connectivity index (χ0n) is 14.3. The number of amides is 2. The van der Waals surface area contributed by atoms with Crippen LogP contribution >= 0.6 is 0 Å². The van der Waals surface area contributed by atoms with Crippen molar-refractivity contribution in [1.82, 2.24) is 9.80 Å². The maximum Gasteiger partial charge on any atom is 0.246 e. The number of likely N-dealkylation sites (N-methyl/N-ethyl adjacent to an activating group) is 1. The number of nitrogens with zero attached hydrogens (tertiary/aromatic N) is 2. The molecular weight excluding hydrogens is 304 g/mol. The van der Waals surface area contributed by atoms with Crippen molar-refractivity contribution in [2.45, 2.75) is 13.3 Å². The van der Waals surface area contributed by atoms with Gasteiger partial charge in [-0.25, -0.2) is 0 Å². The molecule has 0 atom stereocenters. The van der Waals surface area contributed by atoms with Gasteiger partial charge in [0.15, 0.2) is 0 Å². The van der Waals surface area contributed by atoms with E-state index in [9.17, 15) is 9.59 Å².